The second kappa shape index (κ2) is 3.51. The number of hydrogen-bond acceptors (Lipinski definition) is 0. The van der Waals surface area contributed by atoms with Gasteiger partial charge in [0.05, 0.1) is 0 Å². The molecule has 2 rings (SSSR count). The molecule has 0 unspecified atom stereocenters. The van der Waals surface area contributed by atoms with Gasteiger partial charge in [-0.25, -0.2) is 0 Å². The summed E-state index contributed by atoms with van der Waals surface area (Å²) in [5.74, 6) is 0. The molecule has 2 aliphatic rings. The van der Waals surface area contributed by atoms with E-state index in [-0.39, 0.29) is 0 Å². The van der Waals surface area contributed by atoms with Crippen molar-refractivity contribution in [2.24, 2.45) is 0 Å². The van der Waals surface area contributed by atoms with E-state index in [9.17, 15) is 0 Å². The van der Waals surface area contributed by atoms with Gasteiger partial charge in [-0.15, -0.1) is 0 Å². The predicted octanol–water partition coefficient (Wildman–Crippen LogP) is 3.65. The second-order valence-corrected chi connectivity index (χ2v) is 3.34. The molecule has 0 nitrogen and oxygen atoms in total. The smallest absolute Gasteiger partial charge is 0.0184 e. The van der Waals surface area contributed by atoms with E-state index in [1.807, 2.05) is 6.08 Å². The maximum atomic E-state index is 4.03. The molecule has 14 heavy (non-hydrogen) atoms. The number of allylic oxidation sites excluding steroid dienone is 12. The third-order valence-corrected chi connectivity index (χ3v) is 2.05. The minimum absolute atomic E-state index is 1.03. The Bertz CT molecular complexity index is 419. The first-order valence-corrected chi connectivity index (χ1v) is 4.61. The standard InChI is InChI=1S/C14H12/c1-3-4-14(10-13-7-8-13)11(2)9-12-5-6-12/h3-10H,1-2H2/b14-4+. The third kappa shape index (κ3) is 2.33. The van der Waals surface area contributed by atoms with Gasteiger partial charge in [-0.2, -0.15) is 0 Å². The fourth-order valence-electron chi connectivity index (χ4n) is 1.13. The highest BCUT2D eigenvalue weighted by Crippen LogP contribution is 2.24. The van der Waals surface area contributed by atoms with E-state index in [0.29, 0.717) is 0 Å². The van der Waals surface area contributed by atoms with Gasteiger partial charge in [-0.3, -0.25) is 0 Å². The minimum Gasteiger partial charge on any atom is -0.0990 e. The highest BCUT2D eigenvalue weighted by atomic mass is 14.1. The van der Waals surface area contributed by atoms with Gasteiger partial charge in [-0.1, -0.05) is 49.6 Å². The zero-order valence-electron chi connectivity index (χ0n) is 8.03. The fourth-order valence-corrected chi connectivity index (χ4v) is 1.13. The van der Waals surface area contributed by atoms with Gasteiger partial charge in [0.15, 0.2) is 0 Å². The van der Waals surface area contributed by atoms with E-state index < -0.39 is 0 Å². The quantitative estimate of drug-likeness (QED) is 0.579. The first kappa shape index (κ1) is 8.76. The van der Waals surface area contributed by atoms with Crippen LogP contribution in [0.4, 0.5) is 0 Å². The monoisotopic (exact) mass is 180 g/mol. The van der Waals surface area contributed by atoms with Crippen LogP contribution in [0.15, 0.2) is 84.1 Å². The lowest BCUT2D eigenvalue weighted by atomic mass is 10.1. The zero-order chi connectivity index (χ0) is 9.97. The molecule has 68 valence electrons. The van der Waals surface area contributed by atoms with Crippen LogP contribution < -0.4 is 0 Å². The molecule has 0 aliphatic heterocycles. The van der Waals surface area contributed by atoms with Gasteiger partial charge in [0, 0.05) is 0 Å². The molecule has 2 aliphatic carbocycles. The van der Waals surface area contributed by atoms with Crippen molar-refractivity contribution < 1.29 is 0 Å². The van der Waals surface area contributed by atoms with Gasteiger partial charge in [0.1, 0.15) is 0 Å². The lowest BCUT2D eigenvalue weighted by Gasteiger charge is -1.99. The number of rotatable bonds is 4. The molecule has 0 saturated heterocycles. The number of hydrogen-bond donors (Lipinski definition) is 0. The molecule has 0 N–H and O–H groups in total. The van der Waals surface area contributed by atoms with E-state index in [4.69, 9.17) is 0 Å². The maximum absolute atomic E-state index is 4.03. The second-order valence-electron chi connectivity index (χ2n) is 3.34. The summed E-state index contributed by atoms with van der Waals surface area (Å²) in [6.07, 6.45) is 16.3. The summed E-state index contributed by atoms with van der Waals surface area (Å²) in [5, 5.41) is 0. The van der Waals surface area contributed by atoms with Gasteiger partial charge >= 0.3 is 0 Å². The Morgan fingerprint density at radius 3 is 2.07 bits per heavy atom. The first-order valence-electron chi connectivity index (χ1n) is 4.61. The highest BCUT2D eigenvalue weighted by Gasteiger charge is 2.05. The Morgan fingerprint density at radius 2 is 1.57 bits per heavy atom. The third-order valence-electron chi connectivity index (χ3n) is 2.05. The Morgan fingerprint density at radius 1 is 1.00 bits per heavy atom. The van der Waals surface area contributed by atoms with Crippen LogP contribution in [-0.2, 0) is 0 Å². The van der Waals surface area contributed by atoms with Crippen LogP contribution >= 0.6 is 0 Å². The van der Waals surface area contributed by atoms with Crippen LogP contribution in [0, 0.1) is 0 Å². The molecule has 0 fully saturated rings. The summed E-state index contributed by atoms with van der Waals surface area (Å²) >= 11 is 0. The normalized spacial score (nSPS) is 16.7. The molecule has 0 spiro atoms. The van der Waals surface area contributed by atoms with E-state index in [1.54, 1.807) is 6.08 Å². The van der Waals surface area contributed by atoms with Crippen LogP contribution in [0.25, 0.3) is 0 Å². The van der Waals surface area contributed by atoms with E-state index >= 15 is 0 Å². The Hall–Kier alpha value is -1.82. The zero-order valence-corrected chi connectivity index (χ0v) is 8.03. The lowest BCUT2D eigenvalue weighted by Crippen LogP contribution is -1.80. The summed E-state index contributed by atoms with van der Waals surface area (Å²) in [5.41, 5.74) is 4.68. The molecule has 0 aromatic heterocycles. The average molecular weight is 180 g/mol. The molecule has 0 atom stereocenters. The van der Waals surface area contributed by atoms with Crippen molar-refractivity contribution in [2.75, 3.05) is 0 Å². The summed E-state index contributed by atoms with van der Waals surface area (Å²) in [6.45, 7) is 7.73. The Labute approximate surface area is 84.6 Å². The molecule has 0 radical (unpaired) electrons. The van der Waals surface area contributed by atoms with Crippen LogP contribution in [0.3, 0.4) is 0 Å². The SMILES string of the molecule is C=C/C=C(\C=C1C=C1)C(=C)C=C1C=C1. The molecule has 0 saturated carbocycles. The van der Waals surface area contributed by atoms with Gasteiger partial charge in [-0.05, 0) is 34.4 Å². The first-order chi connectivity index (χ1) is 6.79. The van der Waals surface area contributed by atoms with E-state index in [0.717, 1.165) is 11.1 Å². The molecule has 0 heteroatoms. The van der Waals surface area contributed by atoms with Gasteiger partial charge in [0.25, 0.3) is 0 Å². The fraction of sp³-hybridized carbons (Fsp3) is 0. The van der Waals surface area contributed by atoms with Crippen molar-refractivity contribution in [3.8, 4) is 0 Å². The summed E-state index contributed by atoms with van der Waals surface area (Å²) < 4.78 is 0. The van der Waals surface area contributed by atoms with Crippen LogP contribution in [0.2, 0.25) is 0 Å². The van der Waals surface area contributed by atoms with E-state index in [2.05, 4.69) is 49.6 Å². The molecule has 0 amide bonds. The molecule has 0 bridgehead atoms. The van der Waals surface area contributed by atoms with Crippen molar-refractivity contribution in [3.63, 3.8) is 0 Å². The van der Waals surface area contributed by atoms with Crippen molar-refractivity contribution in [2.45, 2.75) is 0 Å². The van der Waals surface area contributed by atoms with Crippen molar-refractivity contribution >= 4 is 0 Å². The van der Waals surface area contributed by atoms with Crippen molar-refractivity contribution in [1.29, 1.82) is 0 Å². The molecular weight excluding hydrogens is 168 g/mol. The predicted molar refractivity (Wildman–Crippen MR) is 61.9 cm³/mol. The summed E-state index contributed by atoms with van der Waals surface area (Å²) in [4.78, 5) is 0. The highest BCUT2D eigenvalue weighted by molar-refractivity contribution is 5.60. The van der Waals surface area contributed by atoms with Crippen LogP contribution in [-0.4, -0.2) is 0 Å². The van der Waals surface area contributed by atoms with Crippen LogP contribution in [0.1, 0.15) is 0 Å². The largest absolute Gasteiger partial charge is 0.0990 e. The average Bonchev–Trinajstić information content (AvgIpc) is 2.97. The maximum Gasteiger partial charge on any atom is -0.0184 e. The molecule has 0 aromatic rings. The van der Waals surface area contributed by atoms with Gasteiger partial charge < -0.3 is 0 Å². The molecule has 0 heterocycles. The minimum atomic E-state index is 1.03. The Balaban J connectivity index is 2.13. The lowest BCUT2D eigenvalue weighted by molar-refractivity contribution is 1.56. The topological polar surface area (TPSA) is 0 Å². The van der Waals surface area contributed by atoms with Crippen molar-refractivity contribution in [3.05, 3.63) is 84.1 Å². The molecular formula is C14H12. The Kier molecular flexibility index (Phi) is 2.19. The molecule has 0 aromatic carbocycles. The van der Waals surface area contributed by atoms with Crippen molar-refractivity contribution in [1.82, 2.24) is 0 Å². The van der Waals surface area contributed by atoms with Crippen LogP contribution in [0.5, 0.6) is 0 Å². The summed E-state index contributed by atoms with van der Waals surface area (Å²) in [6, 6.07) is 0. The van der Waals surface area contributed by atoms with Gasteiger partial charge in [0.2, 0.25) is 0 Å². The summed E-state index contributed by atoms with van der Waals surface area (Å²) in [7, 11) is 0. The van der Waals surface area contributed by atoms with E-state index in [1.165, 1.54) is 11.1 Å².